The first-order valence-electron chi connectivity index (χ1n) is 7.37. The summed E-state index contributed by atoms with van der Waals surface area (Å²) in [5.41, 5.74) is 7.96. The summed E-state index contributed by atoms with van der Waals surface area (Å²) in [4.78, 5) is 4.54. The van der Waals surface area contributed by atoms with Crippen LogP contribution in [0.25, 0.3) is 11.5 Å². The summed E-state index contributed by atoms with van der Waals surface area (Å²) in [7, 11) is 0. The molecule has 0 spiro atoms. The Labute approximate surface area is 129 Å². The zero-order valence-corrected chi connectivity index (χ0v) is 13.2. The van der Waals surface area contributed by atoms with E-state index in [9.17, 15) is 0 Å². The van der Waals surface area contributed by atoms with Crippen LogP contribution in [0.15, 0.2) is 22.7 Å². The number of hydrogen-bond acceptors (Lipinski definition) is 4. The highest BCUT2D eigenvalue weighted by molar-refractivity contribution is 6.30. The molecule has 1 aromatic heterocycles. The van der Waals surface area contributed by atoms with Crippen molar-refractivity contribution in [1.29, 1.82) is 0 Å². The van der Waals surface area contributed by atoms with Gasteiger partial charge in [0, 0.05) is 10.6 Å². The van der Waals surface area contributed by atoms with E-state index < -0.39 is 5.54 Å². The predicted molar refractivity (Wildman–Crippen MR) is 83.0 cm³/mol. The van der Waals surface area contributed by atoms with Crippen LogP contribution in [-0.4, -0.2) is 10.1 Å². The monoisotopic (exact) mass is 305 g/mol. The summed E-state index contributed by atoms with van der Waals surface area (Å²) in [6.45, 7) is 4.26. The van der Waals surface area contributed by atoms with Crippen LogP contribution >= 0.6 is 11.6 Å². The van der Waals surface area contributed by atoms with Crippen LogP contribution in [0.4, 0.5) is 0 Å². The molecule has 1 aliphatic carbocycles. The van der Waals surface area contributed by atoms with E-state index in [-0.39, 0.29) is 0 Å². The Hall–Kier alpha value is -1.39. The smallest absolute Gasteiger partial charge is 0.258 e. The molecular weight excluding hydrogens is 286 g/mol. The Morgan fingerprint density at radius 3 is 2.76 bits per heavy atom. The molecule has 0 radical (unpaired) electrons. The molecule has 21 heavy (non-hydrogen) atoms. The maximum atomic E-state index is 6.49. The minimum Gasteiger partial charge on any atom is -0.334 e. The molecule has 0 saturated heterocycles. The molecule has 4 nitrogen and oxygen atoms in total. The number of benzene rings is 1. The molecule has 2 N–H and O–H groups in total. The van der Waals surface area contributed by atoms with E-state index in [1.54, 1.807) is 0 Å². The Morgan fingerprint density at radius 2 is 2.05 bits per heavy atom. The molecule has 5 heteroatoms. The lowest BCUT2D eigenvalue weighted by atomic mass is 9.77. The Morgan fingerprint density at radius 1 is 1.33 bits per heavy atom. The third kappa shape index (κ3) is 2.83. The van der Waals surface area contributed by atoms with E-state index in [1.165, 1.54) is 0 Å². The molecule has 0 unspecified atom stereocenters. The summed E-state index contributed by atoms with van der Waals surface area (Å²) < 4.78 is 5.43. The number of hydrogen-bond donors (Lipinski definition) is 1. The molecule has 0 bridgehead atoms. The van der Waals surface area contributed by atoms with Gasteiger partial charge in [-0.25, -0.2) is 0 Å². The van der Waals surface area contributed by atoms with Crippen molar-refractivity contribution < 1.29 is 4.52 Å². The van der Waals surface area contributed by atoms with Gasteiger partial charge in [0.05, 0.1) is 5.54 Å². The first-order valence-corrected chi connectivity index (χ1v) is 7.75. The van der Waals surface area contributed by atoms with Crippen molar-refractivity contribution in [3.05, 3.63) is 34.6 Å². The van der Waals surface area contributed by atoms with Gasteiger partial charge < -0.3 is 10.3 Å². The highest BCUT2D eigenvalue weighted by Crippen LogP contribution is 2.37. The molecule has 3 rings (SSSR count). The fraction of sp³-hybridized carbons (Fsp3) is 0.500. The van der Waals surface area contributed by atoms with Gasteiger partial charge >= 0.3 is 0 Å². The molecule has 0 amide bonds. The summed E-state index contributed by atoms with van der Waals surface area (Å²) in [5.74, 6) is 1.83. The lowest BCUT2D eigenvalue weighted by molar-refractivity contribution is 0.230. The molecule has 1 fully saturated rings. The first-order chi connectivity index (χ1) is 9.98. The standard InChI is InChI=1S/C16H20ClN3O/c1-10-5-7-16(18,8-6-10)15-19-14(21-20-15)13-9-12(17)4-3-11(13)2/h3-4,9-10H,5-8,18H2,1-2H3. The van der Waals surface area contributed by atoms with Crippen molar-refractivity contribution in [2.45, 2.75) is 45.1 Å². The zero-order valence-electron chi connectivity index (χ0n) is 12.4. The van der Waals surface area contributed by atoms with Crippen molar-refractivity contribution in [1.82, 2.24) is 10.1 Å². The zero-order chi connectivity index (χ0) is 15.0. The van der Waals surface area contributed by atoms with Crippen molar-refractivity contribution >= 4 is 11.6 Å². The molecule has 0 aliphatic heterocycles. The Bertz CT molecular complexity index is 645. The van der Waals surface area contributed by atoms with Crippen LogP contribution in [0.1, 0.15) is 44.0 Å². The van der Waals surface area contributed by atoms with Crippen LogP contribution in [0.5, 0.6) is 0 Å². The quantitative estimate of drug-likeness (QED) is 0.908. The van der Waals surface area contributed by atoms with E-state index >= 15 is 0 Å². The average molecular weight is 306 g/mol. The number of aryl methyl sites for hydroxylation is 1. The van der Waals surface area contributed by atoms with Crippen LogP contribution < -0.4 is 5.73 Å². The molecule has 1 aromatic carbocycles. The highest BCUT2D eigenvalue weighted by atomic mass is 35.5. The van der Waals surface area contributed by atoms with Crippen LogP contribution in [0.2, 0.25) is 5.02 Å². The summed E-state index contributed by atoms with van der Waals surface area (Å²) >= 11 is 6.05. The number of aromatic nitrogens is 2. The molecular formula is C16H20ClN3O. The van der Waals surface area contributed by atoms with Crippen molar-refractivity contribution in [2.75, 3.05) is 0 Å². The minimum atomic E-state index is -0.458. The summed E-state index contributed by atoms with van der Waals surface area (Å²) in [6, 6.07) is 5.65. The molecule has 1 heterocycles. The normalized spacial score (nSPS) is 26.0. The second-order valence-corrected chi connectivity index (χ2v) is 6.66. The topological polar surface area (TPSA) is 64.9 Å². The van der Waals surface area contributed by atoms with Gasteiger partial charge in [-0.1, -0.05) is 29.7 Å². The first kappa shape index (κ1) is 14.5. The van der Waals surface area contributed by atoms with Gasteiger partial charge in [0.1, 0.15) is 0 Å². The Kier molecular flexibility index (Phi) is 3.76. The predicted octanol–water partition coefficient (Wildman–Crippen LogP) is 4.06. The van der Waals surface area contributed by atoms with Gasteiger partial charge in [0.2, 0.25) is 0 Å². The van der Waals surface area contributed by atoms with Gasteiger partial charge in [-0.05, 0) is 56.2 Å². The molecule has 2 aromatic rings. The third-order valence-electron chi connectivity index (χ3n) is 4.47. The van der Waals surface area contributed by atoms with E-state index in [4.69, 9.17) is 21.9 Å². The summed E-state index contributed by atoms with van der Waals surface area (Å²) in [5, 5.41) is 4.79. The van der Waals surface area contributed by atoms with Crippen molar-refractivity contribution in [3.8, 4) is 11.5 Å². The third-order valence-corrected chi connectivity index (χ3v) is 4.70. The maximum Gasteiger partial charge on any atom is 0.258 e. The van der Waals surface area contributed by atoms with Crippen LogP contribution in [0.3, 0.4) is 0 Å². The van der Waals surface area contributed by atoms with E-state index in [2.05, 4.69) is 17.1 Å². The SMILES string of the molecule is Cc1ccc(Cl)cc1-c1nc(C2(N)CCC(C)CC2)no1. The van der Waals surface area contributed by atoms with E-state index in [0.717, 1.165) is 42.7 Å². The van der Waals surface area contributed by atoms with Gasteiger partial charge in [0.25, 0.3) is 5.89 Å². The largest absolute Gasteiger partial charge is 0.334 e. The molecule has 0 atom stereocenters. The second-order valence-electron chi connectivity index (χ2n) is 6.22. The summed E-state index contributed by atoms with van der Waals surface area (Å²) in [6.07, 6.45) is 4.02. The lowest BCUT2D eigenvalue weighted by Crippen LogP contribution is -2.41. The number of nitrogens with zero attached hydrogens (tertiary/aromatic N) is 2. The van der Waals surface area contributed by atoms with Crippen molar-refractivity contribution in [2.24, 2.45) is 11.7 Å². The average Bonchev–Trinajstić information content (AvgIpc) is 2.95. The lowest BCUT2D eigenvalue weighted by Gasteiger charge is -2.33. The molecule has 112 valence electrons. The fourth-order valence-electron chi connectivity index (χ4n) is 2.86. The van der Waals surface area contributed by atoms with E-state index in [1.807, 2.05) is 25.1 Å². The molecule has 1 saturated carbocycles. The number of halogens is 1. The fourth-order valence-corrected chi connectivity index (χ4v) is 3.03. The van der Waals surface area contributed by atoms with Gasteiger partial charge in [-0.2, -0.15) is 4.98 Å². The van der Waals surface area contributed by atoms with Crippen LogP contribution in [-0.2, 0) is 5.54 Å². The second kappa shape index (κ2) is 5.43. The van der Waals surface area contributed by atoms with Crippen LogP contribution in [0, 0.1) is 12.8 Å². The highest BCUT2D eigenvalue weighted by Gasteiger charge is 2.36. The number of rotatable bonds is 2. The number of nitrogens with two attached hydrogens (primary N) is 1. The van der Waals surface area contributed by atoms with Gasteiger partial charge in [-0.3, -0.25) is 0 Å². The minimum absolute atomic E-state index is 0.458. The Balaban J connectivity index is 1.91. The van der Waals surface area contributed by atoms with Crippen molar-refractivity contribution in [3.63, 3.8) is 0 Å². The van der Waals surface area contributed by atoms with Gasteiger partial charge in [0.15, 0.2) is 5.82 Å². The van der Waals surface area contributed by atoms with Gasteiger partial charge in [-0.15, -0.1) is 0 Å². The molecule has 1 aliphatic rings. The van der Waals surface area contributed by atoms with E-state index in [0.29, 0.717) is 16.7 Å². The maximum absolute atomic E-state index is 6.49.